The lowest BCUT2D eigenvalue weighted by molar-refractivity contribution is -0.137. The minimum Gasteiger partial charge on any atom is -0.489 e. The Morgan fingerprint density at radius 2 is 1.97 bits per heavy atom. The molecule has 32 heavy (non-hydrogen) atoms. The molecule has 4 rings (SSSR count). The number of carboxylic acids is 1. The zero-order chi connectivity index (χ0) is 22.8. The molecule has 0 bridgehead atoms. The third-order valence-electron chi connectivity index (χ3n) is 5.56. The molecule has 3 aromatic rings. The standard InChI is InChI=1S/C23H21Cl2F2NO4/c24-18-7-13(1-4-20(18)32-16(10-26)11-27)12-31-15-2-3-19-17(9-15)22(25)23-14(8-21(29)30)5-6-28(19)23/h1-4,7,9,14,16H,5-6,8,10-12H2,(H,29,30). The molecule has 0 saturated carbocycles. The normalized spacial score (nSPS) is 15.3. The summed E-state index contributed by atoms with van der Waals surface area (Å²) in [6.07, 6.45) is -0.366. The second-order valence-corrected chi connectivity index (χ2v) is 8.50. The first kappa shape index (κ1) is 22.7. The average Bonchev–Trinajstić information content (AvgIpc) is 3.30. The Labute approximate surface area is 193 Å². The van der Waals surface area contributed by atoms with Gasteiger partial charge in [0.2, 0.25) is 0 Å². The summed E-state index contributed by atoms with van der Waals surface area (Å²) in [5, 5.41) is 10.8. The van der Waals surface area contributed by atoms with Crippen molar-refractivity contribution < 1.29 is 28.2 Å². The number of rotatable bonds is 9. The number of benzene rings is 2. The van der Waals surface area contributed by atoms with Gasteiger partial charge in [-0.05, 0) is 42.3 Å². The van der Waals surface area contributed by atoms with Gasteiger partial charge in [-0.1, -0.05) is 29.3 Å². The van der Waals surface area contributed by atoms with E-state index in [0.29, 0.717) is 10.8 Å². The van der Waals surface area contributed by atoms with Gasteiger partial charge in [0.05, 0.1) is 22.0 Å². The average molecular weight is 484 g/mol. The minimum absolute atomic E-state index is 0.0528. The van der Waals surface area contributed by atoms with E-state index < -0.39 is 25.4 Å². The van der Waals surface area contributed by atoms with Gasteiger partial charge < -0.3 is 19.1 Å². The summed E-state index contributed by atoms with van der Waals surface area (Å²) >= 11 is 12.8. The van der Waals surface area contributed by atoms with Gasteiger partial charge in [0, 0.05) is 23.5 Å². The molecule has 2 aromatic carbocycles. The van der Waals surface area contributed by atoms with E-state index in [-0.39, 0.29) is 29.7 Å². The highest BCUT2D eigenvalue weighted by molar-refractivity contribution is 6.36. The van der Waals surface area contributed by atoms with Crippen molar-refractivity contribution in [1.82, 2.24) is 4.57 Å². The number of aromatic nitrogens is 1. The molecule has 1 aliphatic heterocycles. The van der Waals surface area contributed by atoms with Crippen molar-refractivity contribution in [1.29, 1.82) is 0 Å². The Hall–Kier alpha value is -2.51. The second-order valence-electron chi connectivity index (χ2n) is 7.72. The van der Waals surface area contributed by atoms with Crippen molar-refractivity contribution in [2.24, 2.45) is 0 Å². The van der Waals surface area contributed by atoms with Gasteiger partial charge in [-0.2, -0.15) is 0 Å². The molecule has 9 heteroatoms. The third-order valence-corrected chi connectivity index (χ3v) is 6.25. The Kier molecular flexibility index (Phi) is 6.76. The van der Waals surface area contributed by atoms with Crippen molar-refractivity contribution in [2.45, 2.75) is 38.0 Å². The lowest BCUT2D eigenvalue weighted by atomic mass is 10.0. The highest BCUT2D eigenvalue weighted by Crippen LogP contribution is 2.43. The Bertz CT molecular complexity index is 1150. The monoisotopic (exact) mass is 483 g/mol. The summed E-state index contributed by atoms with van der Waals surface area (Å²) in [6, 6.07) is 10.5. The van der Waals surface area contributed by atoms with Crippen molar-refractivity contribution in [3.8, 4) is 11.5 Å². The number of aliphatic carboxylic acids is 1. The lowest BCUT2D eigenvalue weighted by Crippen LogP contribution is -2.21. The quantitative estimate of drug-likeness (QED) is 0.394. The van der Waals surface area contributed by atoms with E-state index in [2.05, 4.69) is 4.57 Å². The number of carboxylic acid groups (broad SMARTS) is 1. The molecule has 0 saturated heterocycles. The van der Waals surface area contributed by atoms with Crippen LogP contribution in [0.1, 0.15) is 30.0 Å². The van der Waals surface area contributed by atoms with Crippen LogP contribution in [0.25, 0.3) is 10.9 Å². The van der Waals surface area contributed by atoms with E-state index in [1.165, 1.54) is 0 Å². The molecule has 0 spiro atoms. The fraction of sp³-hybridized carbons (Fsp3) is 0.348. The molecule has 0 fully saturated rings. The van der Waals surface area contributed by atoms with Crippen molar-refractivity contribution in [2.75, 3.05) is 13.3 Å². The minimum atomic E-state index is -1.18. The first-order valence-corrected chi connectivity index (χ1v) is 10.9. The maximum atomic E-state index is 12.7. The van der Waals surface area contributed by atoms with Crippen LogP contribution in [0.15, 0.2) is 36.4 Å². The number of halogens is 4. The largest absolute Gasteiger partial charge is 0.489 e. The predicted octanol–water partition coefficient (Wildman–Crippen LogP) is 6.18. The number of aryl methyl sites for hydroxylation is 1. The van der Waals surface area contributed by atoms with E-state index in [1.807, 2.05) is 18.2 Å². The van der Waals surface area contributed by atoms with Crippen molar-refractivity contribution in [3.63, 3.8) is 0 Å². The Balaban J connectivity index is 1.49. The van der Waals surface area contributed by atoms with Crippen molar-refractivity contribution >= 4 is 40.1 Å². The molecule has 5 nitrogen and oxygen atoms in total. The molecular formula is C23H21Cl2F2NO4. The summed E-state index contributed by atoms with van der Waals surface area (Å²) in [5.74, 6) is -0.129. The molecule has 1 unspecified atom stereocenters. The summed E-state index contributed by atoms with van der Waals surface area (Å²) in [6.45, 7) is -0.935. The molecule has 170 valence electrons. The van der Waals surface area contributed by atoms with Crippen LogP contribution in [0.2, 0.25) is 10.0 Å². The predicted molar refractivity (Wildman–Crippen MR) is 119 cm³/mol. The highest BCUT2D eigenvalue weighted by atomic mass is 35.5. The van der Waals surface area contributed by atoms with Crippen LogP contribution in [0.3, 0.4) is 0 Å². The van der Waals surface area contributed by atoms with Crippen LogP contribution >= 0.6 is 23.2 Å². The van der Waals surface area contributed by atoms with Crippen LogP contribution in [-0.2, 0) is 17.9 Å². The van der Waals surface area contributed by atoms with E-state index >= 15 is 0 Å². The smallest absolute Gasteiger partial charge is 0.304 e. The van der Waals surface area contributed by atoms with E-state index in [9.17, 15) is 13.6 Å². The van der Waals surface area contributed by atoms with Gasteiger partial charge in [-0.25, -0.2) is 8.78 Å². The molecule has 1 N–H and O–H groups in total. The highest BCUT2D eigenvalue weighted by Gasteiger charge is 2.30. The molecule has 0 amide bonds. The van der Waals surface area contributed by atoms with Crippen LogP contribution in [0.4, 0.5) is 8.78 Å². The van der Waals surface area contributed by atoms with Gasteiger partial charge in [0.1, 0.15) is 31.5 Å². The fourth-order valence-electron chi connectivity index (χ4n) is 4.05. The first-order chi connectivity index (χ1) is 15.4. The molecule has 1 aromatic heterocycles. The lowest BCUT2D eigenvalue weighted by Gasteiger charge is -2.14. The summed E-state index contributed by atoms with van der Waals surface area (Å²) < 4.78 is 38.5. The first-order valence-electron chi connectivity index (χ1n) is 10.1. The SMILES string of the molecule is O=C(O)CC1CCn2c1c(Cl)c1cc(OCc3ccc(OC(CF)CF)c(Cl)c3)ccc12. The zero-order valence-electron chi connectivity index (χ0n) is 17.0. The number of hydrogen-bond acceptors (Lipinski definition) is 3. The molecule has 2 heterocycles. The maximum absolute atomic E-state index is 12.7. The number of alkyl halides is 2. The molecule has 0 aliphatic carbocycles. The number of carbonyl (C=O) groups is 1. The van der Waals surface area contributed by atoms with Gasteiger partial charge in [0.25, 0.3) is 0 Å². The van der Waals surface area contributed by atoms with Crippen LogP contribution < -0.4 is 9.47 Å². The fourth-order valence-corrected chi connectivity index (χ4v) is 4.71. The van der Waals surface area contributed by atoms with E-state index in [4.69, 9.17) is 37.8 Å². The topological polar surface area (TPSA) is 60.7 Å². The molecule has 1 atom stereocenters. The van der Waals surface area contributed by atoms with Crippen LogP contribution in [0, 0.1) is 0 Å². The third kappa shape index (κ3) is 4.50. The van der Waals surface area contributed by atoms with Gasteiger partial charge >= 0.3 is 5.97 Å². The Morgan fingerprint density at radius 3 is 2.66 bits per heavy atom. The number of hydrogen-bond donors (Lipinski definition) is 1. The summed E-state index contributed by atoms with van der Waals surface area (Å²) in [4.78, 5) is 11.2. The van der Waals surface area contributed by atoms with Gasteiger partial charge in [-0.3, -0.25) is 4.79 Å². The van der Waals surface area contributed by atoms with Crippen LogP contribution in [-0.4, -0.2) is 35.1 Å². The number of ether oxygens (including phenoxy) is 2. The molecular weight excluding hydrogens is 463 g/mol. The van der Waals surface area contributed by atoms with Crippen LogP contribution in [0.5, 0.6) is 11.5 Å². The van der Waals surface area contributed by atoms with Gasteiger partial charge in [0.15, 0.2) is 6.10 Å². The van der Waals surface area contributed by atoms with E-state index in [0.717, 1.165) is 35.1 Å². The molecule has 1 aliphatic rings. The summed E-state index contributed by atoms with van der Waals surface area (Å²) in [7, 11) is 0. The number of fused-ring (bicyclic) bond motifs is 3. The summed E-state index contributed by atoms with van der Waals surface area (Å²) in [5.41, 5.74) is 2.57. The molecule has 0 radical (unpaired) electrons. The maximum Gasteiger partial charge on any atom is 0.304 e. The Morgan fingerprint density at radius 1 is 1.19 bits per heavy atom. The number of nitrogens with zero attached hydrogens (tertiary/aromatic N) is 1. The second kappa shape index (κ2) is 9.55. The van der Waals surface area contributed by atoms with E-state index in [1.54, 1.807) is 18.2 Å². The van der Waals surface area contributed by atoms with Crippen molar-refractivity contribution in [3.05, 3.63) is 57.7 Å². The zero-order valence-corrected chi connectivity index (χ0v) is 18.5. The van der Waals surface area contributed by atoms with Gasteiger partial charge in [-0.15, -0.1) is 0 Å².